The van der Waals surface area contributed by atoms with Gasteiger partial charge in [-0.3, -0.25) is 0 Å². The van der Waals surface area contributed by atoms with Crippen LogP contribution in [0.1, 0.15) is 37.5 Å². The van der Waals surface area contributed by atoms with Crippen LogP contribution in [0.15, 0.2) is 120 Å². The molecule has 5 aromatic carbocycles. The minimum atomic E-state index is -0.242. The summed E-state index contributed by atoms with van der Waals surface area (Å²) in [6.07, 6.45) is 1.95. The third-order valence-corrected chi connectivity index (χ3v) is 9.13. The first kappa shape index (κ1) is 32.7. The van der Waals surface area contributed by atoms with Crippen molar-refractivity contribution in [2.75, 3.05) is 4.90 Å². The monoisotopic (exact) mass is 816 g/mol. The van der Waals surface area contributed by atoms with Gasteiger partial charge in [0.2, 0.25) is 6.71 Å². The Morgan fingerprint density at radius 2 is 1.49 bits per heavy atom. The van der Waals surface area contributed by atoms with Crippen molar-refractivity contribution < 1.29 is 30.2 Å². The molecule has 0 spiro atoms. The van der Waals surface area contributed by atoms with Crippen LogP contribution < -0.4 is 26.2 Å². The minimum absolute atomic E-state index is 0. The number of anilines is 3. The summed E-state index contributed by atoms with van der Waals surface area (Å²) < 4.78 is 13.2. The number of hydrogen-bond acceptors (Lipinski definition) is 4. The molecule has 4 nitrogen and oxygen atoms in total. The summed E-state index contributed by atoms with van der Waals surface area (Å²) in [6, 6.07) is 47.6. The summed E-state index contributed by atoms with van der Waals surface area (Å²) in [5, 5.41) is 1.07. The number of nitrogens with zero attached hydrogens (tertiary/aromatic N) is 2. The Balaban J connectivity index is 0.00000378. The Hall–Kier alpha value is -4.86. The zero-order valence-electron chi connectivity index (χ0n) is 28.1. The van der Waals surface area contributed by atoms with Crippen LogP contribution in [-0.4, -0.2) is 11.7 Å². The number of fused-ring (bicyclic) bond motifs is 4. The molecule has 2 aromatic heterocycles. The van der Waals surface area contributed by atoms with E-state index in [9.17, 15) is 0 Å². The maximum absolute atomic E-state index is 6.76. The number of pyridine rings is 1. The number of hydrogen-bond donors (Lipinski definition) is 0. The Kier molecular flexibility index (Phi) is 8.59. The van der Waals surface area contributed by atoms with E-state index in [0.29, 0.717) is 11.5 Å². The fourth-order valence-corrected chi connectivity index (χ4v) is 6.75. The predicted octanol–water partition coefficient (Wildman–Crippen LogP) is 8.90. The second-order valence-corrected chi connectivity index (χ2v) is 13.5. The molecule has 0 atom stereocenters. The van der Waals surface area contributed by atoms with Gasteiger partial charge in [-0.15, -0.1) is 42.0 Å². The van der Waals surface area contributed by atoms with Gasteiger partial charge in [-0.05, 0) is 53.8 Å². The number of benzene rings is 5. The molecule has 49 heavy (non-hydrogen) atoms. The van der Waals surface area contributed by atoms with Crippen molar-refractivity contribution in [1.29, 1.82) is 0 Å². The van der Waals surface area contributed by atoms with E-state index in [1.807, 2.05) is 60.8 Å². The van der Waals surface area contributed by atoms with E-state index in [-0.39, 0.29) is 33.2 Å². The van der Waals surface area contributed by atoms with Crippen LogP contribution >= 0.6 is 0 Å². The van der Waals surface area contributed by atoms with Crippen molar-refractivity contribution in [2.24, 2.45) is 0 Å². The van der Waals surface area contributed by atoms with Crippen molar-refractivity contribution in [1.82, 2.24) is 4.98 Å². The quantitative estimate of drug-likeness (QED) is 0.129. The summed E-state index contributed by atoms with van der Waals surface area (Å²) in [7, 11) is 0. The molecule has 0 fully saturated rings. The standard InChI is InChI=1S/C43H34BN2O2.Pt/c1-28-13-10-14-29(2)40(28)46-38-21-8-7-20-36(38)44(42-41(46)35-19-6-9-22-39(35)48-42)32-16-12-18-34(26-32)47-33-17-11-15-30(25-33)37-24-23-31(27-45-37)43(3,4)5;/h6-19,21-24,27H,1-5H3;/q-3;. The van der Waals surface area contributed by atoms with E-state index in [1.54, 1.807) is 0 Å². The Bertz CT molecular complexity index is 2280. The van der Waals surface area contributed by atoms with E-state index >= 15 is 0 Å². The second kappa shape index (κ2) is 12.9. The van der Waals surface area contributed by atoms with Gasteiger partial charge in [-0.1, -0.05) is 75.0 Å². The third-order valence-electron chi connectivity index (χ3n) is 9.13. The van der Waals surface area contributed by atoms with Crippen LogP contribution in [0, 0.1) is 32.0 Å². The molecule has 0 unspecified atom stereocenters. The average molecular weight is 817 g/mol. The number of aryl methyl sites for hydroxylation is 2. The zero-order valence-corrected chi connectivity index (χ0v) is 30.3. The first-order valence-electron chi connectivity index (χ1n) is 16.3. The molecule has 6 heteroatoms. The van der Waals surface area contributed by atoms with Crippen molar-refractivity contribution in [3.8, 4) is 22.8 Å². The molecular formula is C43H34BN2O2Pt-3. The molecule has 3 heterocycles. The average Bonchev–Trinajstić information content (AvgIpc) is 3.47. The first-order valence-corrected chi connectivity index (χ1v) is 16.3. The smallest absolute Gasteiger partial charge is 0.243 e. The molecule has 0 aliphatic carbocycles. The van der Waals surface area contributed by atoms with Gasteiger partial charge in [-0.2, -0.15) is 41.3 Å². The molecule has 244 valence electrons. The maximum Gasteiger partial charge on any atom is 0.243 e. The van der Waals surface area contributed by atoms with Gasteiger partial charge in [0.1, 0.15) is 5.58 Å². The summed E-state index contributed by atoms with van der Waals surface area (Å²) in [4.78, 5) is 7.08. The molecule has 0 saturated carbocycles. The molecule has 0 saturated heterocycles. The van der Waals surface area contributed by atoms with E-state index < -0.39 is 0 Å². The van der Waals surface area contributed by atoms with Gasteiger partial charge in [0.15, 0.2) is 0 Å². The molecule has 7 aromatic rings. The van der Waals surface area contributed by atoms with Gasteiger partial charge < -0.3 is 19.0 Å². The van der Waals surface area contributed by atoms with Crippen LogP contribution in [0.4, 0.5) is 17.1 Å². The fourth-order valence-electron chi connectivity index (χ4n) is 6.75. The fraction of sp³-hybridized carbons (Fsp3) is 0.140. The van der Waals surface area contributed by atoms with Crippen molar-refractivity contribution in [3.63, 3.8) is 0 Å². The number of rotatable bonds is 5. The second-order valence-electron chi connectivity index (χ2n) is 13.5. The molecule has 0 bridgehead atoms. The van der Waals surface area contributed by atoms with E-state index in [0.717, 1.165) is 55.9 Å². The van der Waals surface area contributed by atoms with Crippen molar-refractivity contribution in [2.45, 2.75) is 40.0 Å². The van der Waals surface area contributed by atoms with Crippen LogP contribution in [0.25, 0.3) is 22.2 Å². The topological polar surface area (TPSA) is 38.5 Å². The Morgan fingerprint density at radius 3 is 2.24 bits per heavy atom. The summed E-state index contributed by atoms with van der Waals surface area (Å²) >= 11 is 0. The normalized spacial score (nSPS) is 12.3. The zero-order chi connectivity index (χ0) is 33.0. The molecule has 8 rings (SSSR count). The molecule has 0 amide bonds. The van der Waals surface area contributed by atoms with Gasteiger partial charge in [0.25, 0.3) is 0 Å². The number of furan rings is 1. The molecule has 0 N–H and O–H groups in total. The Labute approximate surface area is 303 Å². The summed E-state index contributed by atoms with van der Waals surface area (Å²) in [5.41, 5.74) is 12.3. The number of aromatic nitrogens is 1. The minimum Gasteiger partial charge on any atom is -0.503 e. The van der Waals surface area contributed by atoms with Crippen LogP contribution in [-0.2, 0) is 26.5 Å². The molecule has 1 aliphatic rings. The van der Waals surface area contributed by atoms with E-state index in [1.165, 1.54) is 16.7 Å². The predicted molar refractivity (Wildman–Crippen MR) is 196 cm³/mol. The third kappa shape index (κ3) is 5.91. The molecule has 0 radical (unpaired) electrons. The van der Waals surface area contributed by atoms with Crippen LogP contribution in [0.2, 0.25) is 0 Å². The van der Waals surface area contributed by atoms with Gasteiger partial charge in [-0.25, -0.2) is 0 Å². The van der Waals surface area contributed by atoms with Gasteiger partial charge >= 0.3 is 0 Å². The van der Waals surface area contributed by atoms with Crippen LogP contribution in [0.3, 0.4) is 0 Å². The van der Waals surface area contributed by atoms with E-state index in [4.69, 9.17) is 14.1 Å². The number of ether oxygens (including phenoxy) is 1. The number of para-hydroxylation sites is 2. The molecule has 1 aliphatic heterocycles. The summed E-state index contributed by atoms with van der Waals surface area (Å²) in [6.45, 7) is 10.7. The maximum atomic E-state index is 6.76. The van der Waals surface area contributed by atoms with Crippen LogP contribution in [0.5, 0.6) is 11.5 Å². The Morgan fingerprint density at radius 1 is 0.755 bits per heavy atom. The first-order chi connectivity index (χ1) is 23.3. The van der Waals surface area contributed by atoms with Crippen molar-refractivity contribution >= 4 is 51.3 Å². The molecular weight excluding hydrogens is 782 g/mol. The SMILES string of the molecule is Cc1cccc(C)c1N1c2ccc[c-]c2B(c2[c-]c(Oc3[c-]c(-c4ccc(C(C)(C)C)cn4)ccc3)ccc2)c2oc3ccccc3c21.[Pt]. The van der Waals surface area contributed by atoms with Crippen molar-refractivity contribution in [3.05, 3.63) is 150 Å². The largest absolute Gasteiger partial charge is 0.503 e. The van der Waals surface area contributed by atoms with E-state index in [2.05, 4.69) is 112 Å². The van der Waals surface area contributed by atoms with Gasteiger partial charge in [0.05, 0.1) is 11.3 Å². The van der Waals surface area contributed by atoms with Gasteiger partial charge in [0, 0.05) is 49.8 Å². The summed E-state index contributed by atoms with van der Waals surface area (Å²) in [5.74, 6) is 1.20.